The Morgan fingerprint density at radius 1 is 0.519 bits per heavy atom. The minimum absolute atomic E-state index is 0.0665. The first-order valence-electron chi connectivity index (χ1n) is 10.2. The van der Waals surface area contributed by atoms with Crippen LogP contribution >= 0.6 is 0 Å². The van der Waals surface area contributed by atoms with Crippen LogP contribution in [-0.4, -0.2) is 0 Å². The molecule has 0 atom stereocenters. The van der Waals surface area contributed by atoms with E-state index in [1.54, 1.807) is 0 Å². The highest BCUT2D eigenvalue weighted by Crippen LogP contribution is 2.50. The summed E-state index contributed by atoms with van der Waals surface area (Å²) in [7, 11) is 0. The first-order chi connectivity index (χ1) is 13.2. The van der Waals surface area contributed by atoms with E-state index in [-0.39, 0.29) is 5.41 Å². The summed E-state index contributed by atoms with van der Waals surface area (Å²) < 4.78 is 0. The molecule has 0 unspecified atom stereocenters. The number of hydrogen-bond donors (Lipinski definition) is 0. The highest BCUT2D eigenvalue weighted by Gasteiger charge is 2.35. The molecule has 0 amide bonds. The smallest absolute Gasteiger partial charge is 0.0159 e. The normalized spacial score (nSPS) is 13.1. The molecule has 5 rings (SSSR count). The van der Waals surface area contributed by atoms with Gasteiger partial charge in [0.2, 0.25) is 0 Å². The van der Waals surface area contributed by atoms with Gasteiger partial charge >= 0.3 is 0 Å². The molecule has 0 radical (unpaired) electrons. The summed E-state index contributed by atoms with van der Waals surface area (Å²) >= 11 is 0. The van der Waals surface area contributed by atoms with Crippen LogP contribution in [0.3, 0.4) is 0 Å². The first-order valence-corrected chi connectivity index (χ1v) is 10.2. The van der Waals surface area contributed by atoms with Crippen LogP contribution in [0.4, 0.5) is 0 Å². The molecule has 0 N–H and O–H groups in total. The molecule has 0 aromatic heterocycles. The Morgan fingerprint density at radius 2 is 1.15 bits per heavy atom. The maximum atomic E-state index is 2.42. The molecule has 27 heavy (non-hydrogen) atoms. The van der Waals surface area contributed by atoms with Crippen molar-refractivity contribution < 1.29 is 0 Å². The van der Waals surface area contributed by atoms with Gasteiger partial charge in [-0.05, 0) is 55.9 Å². The van der Waals surface area contributed by atoms with E-state index in [1.807, 2.05) is 27.7 Å². The zero-order valence-corrected chi connectivity index (χ0v) is 17.4. The van der Waals surface area contributed by atoms with E-state index in [4.69, 9.17) is 0 Å². The quantitative estimate of drug-likeness (QED) is 0.278. The van der Waals surface area contributed by atoms with Crippen molar-refractivity contribution in [3.8, 4) is 11.1 Å². The Hall–Kier alpha value is -2.60. The zero-order valence-electron chi connectivity index (χ0n) is 17.4. The monoisotopic (exact) mass is 354 g/mol. The van der Waals surface area contributed by atoms with E-state index in [1.165, 1.54) is 43.8 Å². The van der Waals surface area contributed by atoms with Crippen molar-refractivity contribution in [2.45, 2.75) is 47.0 Å². The van der Waals surface area contributed by atoms with Gasteiger partial charge in [-0.25, -0.2) is 0 Å². The SMILES string of the molecule is CC.CC.CC1(C)c2ccccc2-c2cc3ccc4ccccc4c3cc21. The van der Waals surface area contributed by atoms with Gasteiger partial charge in [0.15, 0.2) is 0 Å². The summed E-state index contributed by atoms with van der Waals surface area (Å²) in [6, 6.07) is 26.8. The lowest BCUT2D eigenvalue weighted by Crippen LogP contribution is -2.14. The standard InChI is InChI=1S/C23H18.2C2H6/c1-23(2)21-10-6-5-9-18(21)20-13-16-12-11-15-7-3-4-8-17(15)19(16)14-22(20)23;2*1-2/h3-14H,1-2H3;2*1-2H3. The van der Waals surface area contributed by atoms with Gasteiger partial charge in [-0.1, -0.05) is 102 Å². The zero-order chi connectivity index (χ0) is 19.6. The van der Waals surface area contributed by atoms with E-state index in [9.17, 15) is 0 Å². The van der Waals surface area contributed by atoms with E-state index in [2.05, 4.69) is 86.6 Å². The fourth-order valence-electron chi connectivity index (χ4n) is 4.20. The molecule has 0 fully saturated rings. The molecule has 0 aliphatic heterocycles. The van der Waals surface area contributed by atoms with E-state index in [0.29, 0.717) is 0 Å². The topological polar surface area (TPSA) is 0 Å². The van der Waals surface area contributed by atoms with Crippen LogP contribution in [-0.2, 0) is 5.41 Å². The first kappa shape index (κ1) is 19.2. The van der Waals surface area contributed by atoms with E-state index in [0.717, 1.165) is 0 Å². The molecule has 4 aromatic rings. The summed E-state index contributed by atoms with van der Waals surface area (Å²) in [6.07, 6.45) is 0. The molecule has 0 saturated heterocycles. The minimum Gasteiger partial charge on any atom is -0.0683 e. The summed E-state index contributed by atoms with van der Waals surface area (Å²) in [6.45, 7) is 12.7. The van der Waals surface area contributed by atoms with Crippen LogP contribution in [0.1, 0.15) is 52.7 Å². The number of hydrogen-bond acceptors (Lipinski definition) is 0. The largest absolute Gasteiger partial charge is 0.0683 e. The summed E-state index contributed by atoms with van der Waals surface area (Å²) in [4.78, 5) is 0. The van der Waals surface area contributed by atoms with Gasteiger partial charge in [0.05, 0.1) is 0 Å². The molecular weight excluding hydrogens is 324 g/mol. The average Bonchev–Trinajstić information content (AvgIpc) is 2.97. The van der Waals surface area contributed by atoms with Gasteiger partial charge < -0.3 is 0 Å². The average molecular weight is 355 g/mol. The third-order valence-electron chi connectivity index (χ3n) is 5.45. The Morgan fingerprint density at radius 3 is 1.93 bits per heavy atom. The summed E-state index contributed by atoms with van der Waals surface area (Å²) in [5.41, 5.74) is 5.74. The molecule has 0 heteroatoms. The molecule has 0 heterocycles. The molecule has 0 bridgehead atoms. The summed E-state index contributed by atoms with van der Waals surface area (Å²) in [5.74, 6) is 0. The Bertz CT molecular complexity index is 1080. The molecule has 138 valence electrons. The van der Waals surface area contributed by atoms with E-state index >= 15 is 0 Å². The molecule has 0 saturated carbocycles. The van der Waals surface area contributed by atoms with Gasteiger partial charge in [0.25, 0.3) is 0 Å². The number of rotatable bonds is 0. The maximum Gasteiger partial charge on any atom is 0.0159 e. The third kappa shape index (κ3) is 2.94. The van der Waals surface area contributed by atoms with Crippen LogP contribution in [0, 0.1) is 0 Å². The minimum atomic E-state index is 0.0665. The Balaban J connectivity index is 0.000000495. The van der Waals surface area contributed by atoms with Crippen molar-refractivity contribution in [1.29, 1.82) is 0 Å². The van der Waals surface area contributed by atoms with Crippen molar-refractivity contribution in [1.82, 2.24) is 0 Å². The molecular formula is C27H30. The van der Waals surface area contributed by atoms with Crippen LogP contribution in [0.25, 0.3) is 32.7 Å². The number of benzene rings is 4. The van der Waals surface area contributed by atoms with Gasteiger partial charge in [-0.15, -0.1) is 0 Å². The number of fused-ring (bicyclic) bond motifs is 6. The van der Waals surface area contributed by atoms with Crippen LogP contribution < -0.4 is 0 Å². The summed E-state index contributed by atoms with van der Waals surface area (Å²) in [5, 5.41) is 5.35. The lowest BCUT2D eigenvalue weighted by atomic mass is 9.81. The Labute approximate surface area is 163 Å². The van der Waals surface area contributed by atoms with Gasteiger partial charge in [-0.3, -0.25) is 0 Å². The van der Waals surface area contributed by atoms with Gasteiger partial charge in [0, 0.05) is 5.41 Å². The fourth-order valence-corrected chi connectivity index (χ4v) is 4.20. The maximum absolute atomic E-state index is 2.42. The second-order valence-electron chi connectivity index (χ2n) is 7.08. The highest BCUT2D eigenvalue weighted by atomic mass is 14.4. The second-order valence-corrected chi connectivity index (χ2v) is 7.08. The Kier molecular flexibility index (Phi) is 5.37. The van der Waals surface area contributed by atoms with E-state index < -0.39 is 0 Å². The predicted molar refractivity (Wildman–Crippen MR) is 122 cm³/mol. The van der Waals surface area contributed by atoms with Crippen LogP contribution in [0.2, 0.25) is 0 Å². The molecule has 4 aromatic carbocycles. The fraction of sp³-hybridized carbons (Fsp3) is 0.259. The highest BCUT2D eigenvalue weighted by molar-refractivity contribution is 6.09. The predicted octanol–water partition coefficient (Wildman–Crippen LogP) is 8.35. The van der Waals surface area contributed by atoms with Crippen molar-refractivity contribution in [3.05, 3.63) is 83.9 Å². The van der Waals surface area contributed by atoms with Crippen molar-refractivity contribution in [2.75, 3.05) is 0 Å². The van der Waals surface area contributed by atoms with Crippen molar-refractivity contribution in [3.63, 3.8) is 0 Å². The van der Waals surface area contributed by atoms with Crippen LogP contribution in [0.5, 0.6) is 0 Å². The molecule has 1 aliphatic carbocycles. The van der Waals surface area contributed by atoms with Gasteiger partial charge in [-0.2, -0.15) is 0 Å². The van der Waals surface area contributed by atoms with Crippen molar-refractivity contribution >= 4 is 21.5 Å². The second kappa shape index (κ2) is 7.56. The molecule has 0 nitrogen and oxygen atoms in total. The molecule has 0 spiro atoms. The lowest BCUT2D eigenvalue weighted by molar-refractivity contribution is 0.661. The van der Waals surface area contributed by atoms with Gasteiger partial charge in [0.1, 0.15) is 0 Å². The van der Waals surface area contributed by atoms with Crippen LogP contribution in [0.15, 0.2) is 72.8 Å². The molecule has 1 aliphatic rings. The third-order valence-corrected chi connectivity index (χ3v) is 5.45. The lowest BCUT2D eigenvalue weighted by Gasteiger charge is -2.21. The van der Waals surface area contributed by atoms with Crippen molar-refractivity contribution in [2.24, 2.45) is 0 Å².